The molecule has 0 spiro atoms. The second kappa shape index (κ2) is 12.4. The van der Waals surface area contributed by atoms with Gasteiger partial charge in [-0.3, -0.25) is 19.2 Å². The molecule has 0 saturated carbocycles. The van der Waals surface area contributed by atoms with E-state index in [0.29, 0.717) is 5.56 Å². The Labute approximate surface area is 156 Å². The molecule has 2 atom stereocenters. The summed E-state index contributed by atoms with van der Waals surface area (Å²) in [5.41, 5.74) is 5.68. The molecule has 1 saturated heterocycles. The first kappa shape index (κ1) is 24.0. The zero-order valence-electron chi connectivity index (χ0n) is 15.5. The van der Waals surface area contributed by atoms with Crippen LogP contribution in [0.1, 0.15) is 50.2 Å². The molecule has 0 unspecified atom stereocenters. The van der Waals surface area contributed by atoms with Crippen LogP contribution in [0.15, 0.2) is 24.5 Å². The summed E-state index contributed by atoms with van der Waals surface area (Å²) in [5, 5.41) is 14.8. The van der Waals surface area contributed by atoms with Gasteiger partial charge < -0.3 is 25.4 Å². The van der Waals surface area contributed by atoms with Crippen molar-refractivity contribution in [2.45, 2.75) is 45.9 Å². The first-order chi connectivity index (χ1) is 12.5. The summed E-state index contributed by atoms with van der Waals surface area (Å²) in [7, 11) is 0. The van der Waals surface area contributed by atoms with Crippen molar-refractivity contribution < 1.29 is 43.4 Å². The Hall–Kier alpha value is -3.01. The largest absolute Gasteiger partial charge is 0.481 e. The van der Waals surface area contributed by atoms with E-state index in [1.165, 1.54) is 6.92 Å². The zero-order valence-corrected chi connectivity index (χ0v) is 15.5. The van der Waals surface area contributed by atoms with E-state index >= 15 is 0 Å². The number of hydrogen-bond acceptors (Lipinski definition) is 6. The number of carboxylic acids is 2. The molecule has 1 aromatic rings. The van der Waals surface area contributed by atoms with Crippen LogP contribution in [0, 0.1) is 0 Å². The van der Waals surface area contributed by atoms with Gasteiger partial charge in [0.05, 0.1) is 6.10 Å². The summed E-state index contributed by atoms with van der Waals surface area (Å²) >= 11 is 0. The number of carbonyl (C=O) groups is 4. The van der Waals surface area contributed by atoms with E-state index in [0.717, 1.165) is 26.7 Å². The molecule has 10 nitrogen and oxygen atoms in total. The average Bonchev–Trinajstić information content (AvgIpc) is 3.01. The van der Waals surface area contributed by atoms with Gasteiger partial charge >= 0.3 is 5.97 Å². The summed E-state index contributed by atoms with van der Waals surface area (Å²) in [5.74, 6) is -2.45. The molecule has 0 aliphatic carbocycles. The van der Waals surface area contributed by atoms with Crippen molar-refractivity contribution in [1.82, 2.24) is 0 Å². The normalized spacial score (nSPS) is 17.4. The zero-order chi connectivity index (χ0) is 21.0. The van der Waals surface area contributed by atoms with Crippen LogP contribution in [0.2, 0.25) is 0 Å². The van der Waals surface area contributed by atoms with Crippen LogP contribution < -0.4 is 10.3 Å². The van der Waals surface area contributed by atoms with Crippen molar-refractivity contribution in [2.24, 2.45) is 5.73 Å². The number of ether oxygens (including phenoxy) is 2. The van der Waals surface area contributed by atoms with Gasteiger partial charge in [0.25, 0.3) is 24.1 Å². The molecule has 0 aromatic carbocycles. The monoisotopic (exact) mass is 385 g/mol. The maximum Gasteiger partial charge on any atom is 0.302 e. The molecule has 1 aliphatic rings. The summed E-state index contributed by atoms with van der Waals surface area (Å²) in [4.78, 5) is 39.9. The van der Waals surface area contributed by atoms with E-state index in [2.05, 4.69) is 0 Å². The summed E-state index contributed by atoms with van der Waals surface area (Å²) in [6.07, 6.45) is 4.86. The van der Waals surface area contributed by atoms with Crippen LogP contribution in [-0.4, -0.2) is 46.7 Å². The van der Waals surface area contributed by atoms with Crippen molar-refractivity contribution in [3.63, 3.8) is 0 Å². The summed E-state index contributed by atoms with van der Waals surface area (Å²) < 4.78 is 12.5. The Morgan fingerprint density at radius 2 is 1.74 bits per heavy atom. The maximum absolute atomic E-state index is 11.1. The van der Waals surface area contributed by atoms with Gasteiger partial charge in [0.15, 0.2) is 12.4 Å². The van der Waals surface area contributed by atoms with E-state index in [9.17, 15) is 9.59 Å². The fraction of sp³-hybridized carbons (Fsp3) is 0.471. The van der Waals surface area contributed by atoms with Crippen LogP contribution in [0.3, 0.4) is 0 Å². The first-order valence-electron chi connectivity index (χ1n) is 8.01. The number of hydrogen-bond donors (Lipinski definition) is 3. The molecule has 0 bridgehead atoms. The Morgan fingerprint density at radius 1 is 1.19 bits per heavy atom. The number of esters is 1. The molecule has 4 N–H and O–H groups in total. The molecule has 27 heavy (non-hydrogen) atoms. The predicted octanol–water partition coefficient (Wildman–Crippen LogP) is 0.496. The molecule has 1 aromatic heterocycles. The molecule has 1 amide bonds. The SMILES string of the molecule is CC(=O)O.CC(=O)O.CC(=O)OC[C@@H]1CC[C@H]([n+]2cccc(C(N)=O)c2)O1. The topological polar surface area (TPSA) is 157 Å². The minimum absolute atomic E-state index is 0.0985. The lowest BCUT2D eigenvalue weighted by molar-refractivity contribution is -0.759. The van der Waals surface area contributed by atoms with E-state index in [1.54, 1.807) is 18.3 Å². The van der Waals surface area contributed by atoms with Crippen molar-refractivity contribution in [2.75, 3.05) is 6.61 Å². The third-order valence-electron chi connectivity index (χ3n) is 3.00. The van der Waals surface area contributed by atoms with Gasteiger partial charge in [-0.15, -0.1) is 0 Å². The lowest BCUT2D eigenvalue weighted by atomic mass is 10.2. The number of pyridine rings is 1. The fourth-order valence-electron chi connectivity index (χ4n) is 2.06. The number of rotatable bonds is 4. The molecule has 150 valence electrons. The average molecular weight is 385 g/mol. The molecule has 2 rings (SSSR count). The molecule has 10 heteroatoms. The van der Waals surface area contributed by atoms with Crippen molar-refractivity contribution >= 4 is 23.8 Å². The fourth-order valence-corrected chi connectivity index (χ4v) is 2.06. The lowest BCUT2D eigenvalue weighted by Crippen LogP contribution is -2.40. The highest BCUT2D eigenvalue weighted by atomic mass is 16.6. The third-order valence-corrected chi connectivity index (χ3v) is 3.00. The number of aromatic nitrogens is 1. The van der Waals surface area contributed by atoms with Gasteiger partial charge in [-0.05, 0) is 12.5 Å². The van der Waals surface area contributed by atoms with Gasteiger partial charge in [-0.25, -0.2) is 0 Å². The van der Waals surface area contributed by atoms with Crippen LogP contribution in [0.4, 0.5) is 0 Å². The van der Waals surface area contributed by atoms with Gasteiger partial charge in [0, 0.05) is 33.3 Å². The minimum atomic E-state index is -0.833. The second-order valence-corrected chi connectivity index (χ2v) is 5.53. The highest BCUT2D eigenvalue weighted by molar-refractivity contribution is 5.92. The number of carbonyl (C=O) groups excluding carboxylic acids is 2. The van der Waals surface area contributed by atoms with Gasteiger partial charge in [-0.2, -0.15) is 4.57 Å². The Balaban J connectivity index is 0.000000718. The van der Waals surface area contributed by atoms with Crippen LogP contribution in [0.5, 0.6) is 0 Å². The van der Waals surface area contributed by atoms with Crippen LogP contribution >= 0.6 is 0 Å². The number of amides is 1. The van der Waals surface area contributed by atoms with E-state index < -0.39 is 17.8 Å². The molecule has 0 radical (unpaired) electrons. The maximum atomic E-state index is 11.1. The molecule has 1 fully saturated rings. The number of aliphatic carboxylic acids is 2. The number of nitrogens with two attached hydrogens (primary N) is 1. The van der Waals surface area contributed by atoms with E-state index in [-0.39, 0.29) is 24.9 Å². The molecule has 2 heterocycles. The molecule has 1 aliphatic heterocycles. The summed E-state index contributed by atoms with van der Waals surface area (Å²) in [6.45, 7) is 3.80. The van der Waals surface area contributed by atoms with E-state index in [1.807, 2.05) is 10.8 Å². The van der Waals surface area contributed by atoms with Crippen molar-refractivity contribution in [3.8, 4) is 0 Å². The Kier molecular flexibility index (Phi) is 11.0. The second-order valence-electron chi connectivity index (χ2n) is 5.53. The quantitative estimate of drug-likeness (QED) is 0.499. The number of nitrogens with zero attached hydrogens (tertiary/aromatic N) is 1. The smallest absolute Gasteiger partial charge is 0.302 e. The summed E-state index contributed by atoms with van der Waals surface area (Å²) in [6, 6.07) is 3.41. The standard InChI is InChI=1S/C13H16N2O4.2C2H4O2/c1-9(16)18-8-11-4-5-12(19-11)15-6-2-3-10(7-15)13(14)17;2*1-2(3)4/h2-3,6-7,11-12H,4-5,8H2,1H3,(H-,14,17);2*1H3,(H,3,4)/p+1/t11-,12+;;/m0../s1. The molecular weight excluding hydrogens is 360 g/mol. The Morgan fingerprint density at radius 3 is 2.22 bits per heavy atom. The van der Waals surface area contributed by atoms with Crippen LogP contribution in [-0.2, 0) is 23.9 Å². The van der Waals surface area contributed by atoms with Gasteiger partial charge in [0.2, 0.25) is 0 Å². The number of primary amides is 1. The van der Waals surface area contributed by atoms with Crippen molar-refractivity contribution in [3.05, 3.63) is 30.1 Å². The van der Waals surface area contributed by atoms with Gasteiger partial charge in [-0.1, -0.05) is 0 Å². The number of carboxylic acid groups (broad SMARTS) is 2. The predicted molar refractivity (Wildman–Crippen MR) is 91.6 cm³/mol. The highest BCUT2D eigenvalue weighted by Gasteiger charge is 2.32. The van der Waals surface area contributed by atoms with E-state index in [4.69, 9.17) is 35.0 Å². The third kappa shape index (κ3) is 12.1. The lowest BCUT2D eigenvalue weighted by Gasteiger charge is -2.10. The highest BCUT2D eigenvalue weighted by Crippen LogP contribution is 2.24. The van der Waals surface area contributed by atoms with Crippen molar-refractivity contribution in [1.29, 1.82) is 0 Å². The van der Waals surface area contributed by atoms with Crippen LogP contribution in [0.25, 0.3) is 0 Å². The molecular formula is C17H25N2O8+. The Bertz CT molecular complexity index is 642. The minimum Gasteiger partial charge on any atom is -0.481 e. The van der Waals surface area contributed by atoms with Gasteiger partial charge in [0.1, 0.15) is 12.2 Å². The first-order valence-corrected chi connectivity index (χ1v) is 8.01.